The van der Waals surface area contributed by atoms with E-state index in [1.165, 1.54) is 5.56 Å². The molecule has 4 rings (SSSR count). The van der Waals surface area contributed by atoms with E-state index in [0.717, 1.165) is 44.1 Å². The van der Waals surface area contributed by atoms with Crippen LogP contribution in [0.2, 0.25) is 0 Å². The second kappa shape index (κ2) is 8.24. The van der Waals surface area contributed by atoms with E-state index < -0.39 is 5.97 Å². The van der Waals surface area contributed by atoms with E-state index in [-0.39, 0.29) is 5.56 Å². The molecule has 0 unspecified atom stereocenters. The molecule has 1 aromatic heterocycles. The van der Waals surface area contributed by atoms with Crippen LogP contribution in [-0.4, -0.2) is 47.3 Å². The summed E-state index contributed by atoms with van der Waals surface area (Å²) >= 11 is 0. The highest BCUT2D eigenvalue weighted by atomic mass is 16.5. The van der Waals surface area contributed by atoms with Crippen molar-refractivity contribution in [2.24, 2.45) is 0 Å². The third-order valence-electron chi connectivity index (χ3n) is 4.61. The van der Waals surface area contributed by atoms with Crippen LogP contribution < -0.4 is 5.32 Å². The van der Waals surface area contributed by atoms with Gasteiger partial charge in [0.15, 0.2) is 5.76 Å². The molecule has 0 amide bonds. The van der Waals surface area contributed by atoms with Gasteiger partial charge in [0.2, 0.25) is 0 Å². The van der Waals surface area contributed by atoms with Gasteiger partial charge in [-0.3, -0.25) is 4.90 Å². The Kier molecular flexibility index (Phi) is 5.36. The number of carbonyl (C=O) groups is 1. The van der Waals surface area contributed by atoms with Gasteiger partial charge in [-0.05, 0) is 29.8 Å². The van der Waals surface area contributed by atoms with Crippen LogP contribution in [0.3, 0.4) is 0 Å². The molecule has 0 radical (unpaired) electrons. The van der Waals surface area contributed by atoms with Gasteiger partial charge in [0.05, 0.1) is 25.0 Å². The number of carboxylic acid groups (broad SMARTS) is 1. The maximum Gasteiger partial charge on any atom is 0.335 e. The zero-order valence-electron chi connectivity index (χ0n) is 15.3. The minimum absolute atomic E-state index is 0.235. The molecule has 144 valence electrons. The smallest absolute Gasteiger partial charge is 0.335 e. The van der Waals surface area contributed by atoms with Crippen LogP contribution in [0.25, 0.3) is 11.3 Å². The van der Waals surface area contributed by atoms with E-state index in [2.05, 4.69) is 27.3 Å². The Bertz CT molecular complexity index is 946. The molecule has 2 heterocycles. The summed E-state index contributed by atoms with van der Waals surface area (Å²) in [7, 11) is 0. The van der Waals surface area contributed by atoms with Gasteiger partial charge in [0.25, 0.3) is 6.01 Å². The Labute approximate surface area is 162 Å². The molecule has 2 N–H and O–H groups in total. The highest BCUT2D eigenvalue weighted by Crippen LogP contribution is 2.25. The number of anilines is 2. The fourth-order valence-electron chi connectivity index (χ4n) is 3.13. The van der Waals surface area contributed by atoms with Crippen molar-refractivity contribution in [1.82, 2.24) is 9.88 Å². The van der Waals surface area contributed by atoms with Crippen molar-refractivity contribution in [3.05, 3.63) is 65.9 Å². The molecule has 3 aromatic rings. The number of benzene rings is 2. The van der Waals surface area contributed by atoms with Crippen LogP contribution in [0.1, 0.15) is 15.9 Å². The van der Waals surface area contributed by atoms with Crippen molar-refractivity contribution < 1.29 is 19.1 Å². The molecule has 0 saturated carbocycles. The van der Waals surface area contributed by atoms with E-state index in [1.807, 2.05) is 12.1 Å². The lowest BCUT2D eigenvalue weighted by atomic mass is 10.1. The first-order valence-corrected chi connectivity index (χ1v) is 9.13. The number of rotatable bonds is 6. The van der Waals surface area contributed by atoms with Gasteiger partial charge in [-0.25, -0.2) is 9.78 Å². The number of hydrogen-bond acceptors (Lipinski definition) is 6. The Morgan fingerprint density at radius 2 is 1.93 bits per heavy atom. The minimum Gasteiger partial charge on any atom is -0.478 e. The van der Waals surface area contributed by atoms with Crippen LogP contribution in [0, 0.1) is 0 Å². The average molecular weight is 379 g/mol. The maximum atomic E-state index is 11.0. The van der Waals surface area contributed by atoms with Crippen molar-refractivity contribution in [3.63, 3.8) is 0 Å². The molecular weight excluding hydrogens is 358 g/mol. The lowest BCUT2D eigenvalue weighted by Crippen LogP contribution is -2.35. The third kappa shape index (κ3) is 4.39. The standard InChI is InChI=1S/C21H21N3O4/c25-20(26)17-6-4-16(5-7-17)19-13-22-21(28-19)23-18-3-1-2-15(12-18)14-24-8-10-27-11-9-24/h1-7,12-13H,8-11,14H2,(H,22,23)(H,25,26). The van der Waals surface area contributed by atoms with Crippen LogP contribution >= 0.6 is 0 Å². The van der Waals surface area contributed by atoms with Crippen molar-refractivity contribution in [2.75, 3.05) is 31.6 Å². The quantitative estimate of drug-likeness (QED) is 0.676. The van der Waals surface area contributed by atoms with Gasteiger partial charge in [0.1, 0.15) is 0 Å². The number of oxazole rings is 1. The van der Waals surface area contributed by atoms with E-state index >= 15 is 0 Å². The van der Waals surface area contributed by atoms with Crippen LogP contribution in [0.5, 0.6) is 0 Å². The molecule has 7 heteroatoms. The first-order chi connectivity index (χ1) is 13.7. The number of nitrogens with one attached hydrogen (secondary N) is 1. The highest BCUT2D eigenvalue weighted by molar-refractivity contribution is 5.88. The van der Waals surface area contributed by atoms with Crippen molar-refractivity contribution >= 4 is 17.7 Å². The third-order valence-corrected chi connectivity index (χ3v) is 4.61. The molecular formula is C21H21N3O4. The van der Waals surface area contributed by atoms with Crippen molar-refractivity contribution in [2.45, 2.75) is 6.54 Å². The van der Waals surface area contributed by atoms with Crippen LogP contribution in [0.15, 0.2) is 59.1 Å². The Morgan fingerprint density at radius 1 is 1.14 bits per heavy atom. The van der Waals surface area contributed by atoms with Gasteiger partial charge < -0.3 is 19.6 Å². The first kappa shape index (κ1) is 18.2. The Morgan fingerprint density at radius 3 is 2.68 bits per heavy atom. The summed E-state index contributed by atoms with van der Waals surface area (Å²) in [5.74, 6) is -0.382. The summed E-state index contributed by atoms with van der Waals surface area (Å²) < 4.78 is 11.2. The van der Waals surface area contributed by atoms with Crippen molar-refractivity contribution in [1.29, 1.82) is 0 Å². The van der Waals surface area contributed by atoms with Gasteiger partial charge in [-0.2, -0.15) is 0 Å². The normalized spacial score (nSPS) is 14.7. The summed E-state index contributed by atoms with van der Waals surface area (Å²) in [6.07, 6.45) is 1.62. The molecule has 0 bridgehead atoms. The van der Waals surface area contributed by atoms with Gasteiger partial charge >= 0.3 is 5.97 Å². The average Bonchev–Trinajstić information content (AvgIpc) is 3.17. The number of aromatic nitrogens is 1. The highest BCUT2D eigenvalue weighted by Gasteiger charge is 2.12. The Hall–Kier alpha value is -3.16. The zero-order chi connectivity index (χ0) is 19.3. The summed E-state index contributed by atoms with van der Waals surface area (Å²) in [6, 6.07) is 15.0. The molecule has 7 nitrogen and oxygen atoms in total. The predicted molar refractivity (Wildman–Crippen MR) is 105 cm³/mol. The summed E-state index contributed by atoms with van der Waals surface area (Å²) in [5, 5.41) is 12.2. The van der Waals surface area contributed by atoms with Gasteiger partial charge in [0, 0.05) is 30.9 Å². The lowest BCUT2D eigenvalue weighted by molar-refractivity contribution is 0.0342. The number of aromatic carboxylic acids is 1. The molecule has 28 heavy (non-hydrogen) atoms. The zero-order valence-corrected chi connectivity index (χ0v) is 15.3. The summed E-state index contributed by atoms with van der Waals surface area (Å²) in [6.45, 7) is 4.34. The molecule has 1 aliphatic heterocycles. The number of carboxylic acids is 1. The van der Waals surface area contributed by atoms with E-state index in [1.54, 1.807) is 30.5 Å². The van der Waals surface area contributed by atoms with Crippen LogP contribution in [-0.2, 0) is 11.3 Å². The molecule has 1 fully saturated rings. The fourth-order valence-corrected chi connectivity index (χ4v) is 3.13. The molecule has 0 spiro atoms. The maximum absolute atomic E-state index is 11.0. The SMILES string of the molecule is O=C(O)c1ccc(-c2cnc(Nc3cccc(CN4CCOCC4)c3)o2)cc1. The van der Waals surface area contributed by atoms with Gasteiger partial charge in [-0.1, -0.05) is 24.3 Å². The summed E-state index contributed by atoms with van der Waals surface area (Å²) in [4.78, 5) is 17.6. The van der Waals surface area contributed by atoms with Gasteiger partial charge in [-0.15, -0.1) is 0 Å². The topological polar surface area (TPSA) is 87.8 Å². The first-order valence-electron chi connectivity index (χ1n) is 9.13. The van der Waals surface area contributed by atoms with E-state index in [4.69, 9.17) is 14.3 Å². The summed E-state index contributed by atoms with van der Waals surface area (Å²) in [5.41, 5.74) is 3.12. The minimum atomic E-state index is -0.955. The molecule has 1 aliphatic rings. The molecule has 1 saturated heterocycles. The second-order valence-corrected chi connectivity index (χ2v) is 6.63. The van der Waals surface area contributed by atoms with E-state index in [9.17, 15) is 4.79 Å². The molecule has 2 aromatic carbocycles. The number of morpholine rings is 1. The monoisotopic (exact) mass is 379 g/mol. The number of nitrogens with zero attached hydrogens (tertiary/aromatic N) is 2. The lowest BCUT2D eigenvalue weighted by Gasteiger charge is -2.26. The second-order valence-electron chi connectivity index (χ2n) is 6.63. The van der Waals surface area contributed by atoms with Crippen molar-refractivity contribution in [3.8, 4) is 11.3 Å². The molecule has 0 atom stereocenters. The number of hydrogen-bond donors (Lipinski definition) is 2. The molecule has 0 aliphatic carbocycles. The van der Waals surface area contributed by atoms with Crippen LogP contribution in [0.4, 0.5) is 11.7 Å². The predicted octanol–water partition coefficient (Wildman–Crippen LogP) is 3.62. The Balaban J connectivity index is 1.43. The van der Waals surface area contributed by atoms with E-state index in [0.29, 0.717) is 11.8 Å². The number of ether oxygens (including phenoxy) is 1. The largest absolute Gasteiger partial charge is 0.478 e. The fraction of sp³-hybridized carbons (Fsp3) is 0.238.